The topological polar surface area (TPSA) is 55.8 Å². The molecule has 0 spiro atoms. The van der Waals surface area contributed by atoms with Crippen LogP contribution in [0.4, 0.5) is 5.69 Å². The van der Waals surface area contributed by atoms with Gasteiger partial charge in [0.1, 0.15) is 13.2 Å². The first-order chi connectivity index (χ1) is 11.2. The minimum Gasteiger partial charge on any atom is -0.486 e. The van der Waals surface area contributed by atoms with Crippen molar-refractivity contribution in [3.05, 3.63) is 29.8 Å². The third-order valence-electron chi connectivity index (χ3n) is 4.05. The predicted octanol–water partition coefficient (Wildman–Crippen LogP) is 3.23. The Kier molecular flexibility index (Phi) is 4.65. The lowest BCUT2D eigenvalue weighted by atomic mass is 10.1. The summed E-state index contributed by atoms with van der Waals surface area (Å²) >= 11 is 0. The molecule has 0 atom stereocenters. The molecule has 1 aromatic rings. The number of imide groups is 1. The van der Waals surface area contributed by atoms with E-state index in [1.165, 1.54) is 4.90 Å². The van der Waals surface area contributed by atoms with Crippen LogP contribution in [0, 0.1) is 0 Å². The molecular formula is C18H21NO4. The molecule has 2 amide bonds. The Morgan fingerprint density at radius 1 is 1.13 bits per heavy atom. The molecule has 23 heavy (non-hydrogen) atoms. The first-order valence-electron chi connectivity index (χ1n) is 8.16. The highest BCUT2D eigenvalue weighted by Crippen LogP contribution is 2.36. The molecule has 1 saturated heterocycles. The van der Waals surface area contributed by atoms with Crippen LogP contribution in [0.1, 0.15) is 39.0 Å². The molecule has 0 N–H and O–H groups in total. The van der Waals surface area contributed by atoms with Crippen molar-refractivity contribution >= 4 is 17.5 Å². The zero-order valence-corrected chi connectivity index (χ0v) is 13.3. The largest absolute Gasteiger partial charge is 0.486 e. The molecule has 0 unspecified atom stereocenters. The second kappa shape index (κ2) is 6.86. The lowest BCUT2D eigenvalue weighted by molar-refractivity contribution is -0.120. The summed E-state index contributed by atoms with van der Waals surface area (Å²) in [6.45, 7) is 3.13. The van der Waals surface area contributed by atoms with Crippen LogP contribution < -0.4 is 14.4 Å². The van der Waals surface area contributed by atoms with Gasteiger partial charge in [0.05, 0.1) is 12.1 Å². The number of carbonyl (C=O) groups is 2. The monoisotopic (exact) mass is 315 g/mol. The van der Waals surface area contributed by atoms with Crippen molar-refractivity contribution < 1.29 is 19.1 Å². The molecular weight excluding hydrogens is 294 g/mol. The maximum absolute atomic E-state index is 12.5. The lowest BCUT2D eigenvalue weighted by Crippen LogP contribution is -2.29. The maximum atomic E-state index is 12.5. The quantitative estimate of drug-likeness (QED) is 0.475. The van der Waals surface area contributed by atoms with Crippen LogP contribution in [-0.4, -0.2) is 25.0 Å². The molecule has 2 aliphatic heterocycles. The van der Waals surface area contributed by atoms with E-state index in [-0.39, 0.29) is 18.2 Å². The van der Waals surface area contributed by atoms with Crippen LogP contribution in [0.25, 0.3) is 0 Å². The summed E-state index contributed by atoms with van der Waals surface area (Å²) in [5.41, 5.74) is 1.14. The van der Waals surface area contributed by atoms with Crippen LogP contribution in [-0.2, 0) is 9.59 Å². The van der Waals surface area contributed by atoms with Crippen molar-refractivity contribution in [2.45, 2.75) is 39.0 Å². The van der Waals surface area contributed by atoms with Crippen LogP contribution in [0.15, 0.2) is 29.8 Å². The molecule has 0 aliphatic carbocycles. The van der Waals surface area contributed by atoms with Gasteiger partial charge in [0.25, 0.3) is 5.91 Å². The molecule has 0 radical (unpaired) electrons. The number of rotatable bonds is 5. The molecule has 0 aromatic heterocycles. The summed E-state index contributed by atoms with van der Waals surface area (Å²) in [7, 11) is 0. The molecule has 1 fully saturated rings. The third-order valence-corrected chi connectivity index (χ3v) is 4.05. The minimum absolute atomic E-state index is 0.180. The number of benzene rings is 1. The lowest BCUT2D eigenvalue weighted by Gasteiger charge is -2.21. The highest BCUT2D eigenvalue weighted by molar-refractivity contribution is 6.28. The van der Waals surface area contributed by atoms with Gasteiger partial charge in [-0.15, -0.1) is 0 Å². The standard InChI is InChI=1S/C18H21NO4/c1-2-3-4-5-6-13-11-17(20)19(18(13)21)14-7-8-15-16(12-14)23-10-9-22-15/h6-8,12H,2-5,9-11H2,1H3. The average Bonchev–Trinajstić information content (AvgIpc) is 2.85. The van der Waals surface area contributed by atoms with Crippen LogP contribution >= 0.6 is 0 Å². The minimum atomic E-state index is -0.219. The van der Waals surface area contributed by atoms with Crippen LogP contribution in [0.2, 0.25) is 0 Å². The molecule has 2 heterocycles. The average molecular weight is 315 g/mol. The Bertz CT molecular complexity index is 650. The third kappa shape index (κ3) is 3.23. The summed E-state index contributed by atoms with van der Waals surface area (Å²) in [5.74, 6) is 0.820. The smallest absolute Gasteiger partial charge is 0.261 e. The van der Waals surface area contributed by atoms with Crippen molar-refractivity contribution in [1.82, 2.24) is 0 Å². The van der Waals surface area contributed by atoms with E-state index in [9.17, 15) is 9.59 Å². The number of anilines is 1. The van der Waals surface area contributed by atoms with Gasteiger partial charge in [-0.25, -0.2) is 4.90 Å². The fraction of sp³-hybridized carbons (Fsp3) is 0.444. The summed E-state index contributed by atoms with van der Waals surface area (Å²) in [4.78, 5) is 26.0. The van der Waals surface area contributed by atoms with Crippen molar-refractivity contribution in [2.24, 2.45) is 0 Å². The van der Waals surface area contributed by atoms with Gasteiger partial charge < -0.3 is 9.47 Å². The van der Waals surface area contributed by atoms with Gasteiger partial charge in [-0.2, -0.15) is 0 Å². The van der Waals surface area contributed by atoms with Crippen molar-refractivity contribution in [3.8, 4) is 11.5 Å². The highest BCUT2D eigenvalue weighted by atomic mass is 16.6. The number of fused-ring (bicyclic) bond motifs is 1. The van der Waals surface area contributed by atoms with Crippen molar-refractivity contribution in [2.75, 3.05) is 18.1 Å². The van der Waals surface area contributed by atoms with E-state index in [2.05, 4.69) is 6.92 Å². The fourth-order valence-corrected chi connectivity index (χ4v) is 2.84. The summed E-state index contributed by atoms with van der Waals surface area (Å²) < 4.78 is 11.0. The molecule has 0 saturated carbocycles. The SMILES string of the molecule is CCCCCC=C1CC(=O)N(c2ccc3c(c2)OCCO3)C1=O. The number of carbonyl (C=O) groups excluding carboxylic acids is 2. The number of ether oxygens (including phenoxy) is 2. The normalized spacial score (nSPS) is 18.8. The Morgan fingerprint density at radius 3 is 2.70 bits per heavy atom. The number of unbranched alkanes of at least 4 members (excludes halogenated alkanes) is 3. The van der Waals surface area contributed by atoms with Crippen LogP contribution in [0.3, 0.4) is 0 Å². The van der Waals surface area contributed by atoms with E-state index in [4.69, 9.17) is 9.47 Å². The van der Waals surface area contributed by atoms with Gasteiger partial charge in [0, 0.05) is 11.6 Å². The second-order valence-electron chi connectivity index (χ2n) is 5.76. The molecule has 3 rings (SSSR count). The molecule has 5 nitrogen and oxygen atoms in total. The van der Waals surface area contributed by atoms with Gasteiger partial charge in [-0.3, -0.25) is 9.59 Å². The van der Waals surface area contributed by atoms with Gasteiger partial charge in [-0.05, 0) is 25.0 Å². The molecule has 0 bridgehead atoms. The maximum Gasteiger partial charge on any atom is 0.261 e. The molecule has 122 valence electrons. The zero-order valence-electron chi connectivity index (χ0n) is 13.3. The predicted molar refractivity (Wildman–Crippen MR) is 86.8 cm³/mol. The van der Waals surface area contributed by atoms with Gasteiger partial charge >= 0.3 is 0 Å². The number of hydrogen-bond acceptors (Lipinski definition) is 4. The Balaban J connectivity index is 1.77. The van der Waals surface area contributed by atoms with Crippen LogP contribution in [0.5, 0.6) is 11.5 Å². The van der Waals surface area contributed by atoms with E-state index in [1.807, 2.05) is 6.08 Å². The summed E-state index contributed by atoms with van der Waals surface area (Å²) in [6, 6.07) is 5.17. The summed E-state index contributed by atoms with van der Waals surface area (Å²) in [6.07, 6.45) is 6.26. The zero-order chi connectivity index (χ0) is 16.2. The highest BCUT2D eigenvalue weighted by Gasteiger charge is 2.35. The molecule has 2 aliphatic rings. The number of hydrogen-bond donors (Lipinski definition) is 0. The number of amides is 2. The van der Waals surface area contributed by atoms with Gasteiger partial charge in [0.15, 0.2) is 11.5 Å². The Morgan fingerprint density at radius 2 is 1.91 bits per heavy atom. The second-order valence-corrected chi connectivity index (χ2v) is 5.76. The fourth-order valence-electron chi connectivity index (χ4n) is 2.84. The Hall–Kier alpha value is -2.30. The van der Waals surface area contributed by atoms with E-state index in [0.717, 1.165) is 25.7 Å². The van der Waals surface area contributed by atoms with Crippen molar-refractivity contribution in [3.63, 3.8) is 0 Å². The first-order valence-corrected chi connectivity index (χ1v) is 8.16. The Labute approximate surface area is 135 Å². The summed E-state index contributed by atoms with van der Waals surface area (Å²) in [5, 5.41) is 0. The number of nitrogens with zero attached hydrogens (tertiary/aromatic N) is 1. The van der Waals surface area contributed by atoms with Crippen molar-refractivity contribution in [1.29, 1.82) is 0 Å². The van der Waals surface area contributed by atoms with E-state index >= 15 is 0 Å². The van der Waals surface area contributed by atoms with Gasteiger partial charge in [0.2, 0.25) is 5.91 Å². The molecule has 1 aromatic carbocycles. The first kappa shape index (κ1) is 15.6. The number of allylic oxidation sites excluding steroid dienone is 1. The van der Waals surface area contributed by atoms with Gasteiger partial charge in [-0.1, -0.05) is 25.8 Å². The van der Waals surface area contributed by atoms with E-state index in [1.54, 1.807) is 18.2 Å². The molecule has 5 heteroatoms. The van der Waals surface area contributed by atoms with E-state index < -0.39 is 0 Å². The van der Waals surface area contributed by atoms with E-state index in [0.29, 0.717) is 36.0 Å².